The molecule has 1 atom stereocenters. The lowest BCUT2D eigenvalue weighted by Crippen LogP contribution is -1.99. The smallest absolute Gasteiger partial charge is 0.146 e. The highest BCUT2D eigenvalue weighted by atomic mass is 35.5. The number of alkyl halides is 1. The van der Waals surface area contributed by atoms with Crippen molar-refractivity contribution in [2.75, 3.05) is 0 Å². The second-order valence-electron chi connectivity index (χ2n) is 4.39. The number of fused-ring (bicyclic) bond motifs is 1. The molecule has 3 rings (SSSR count). The Labute approximate surface area is 130 Å². The molecule has 0 N–H and O–H groups in total. The molecule has 1 unspecified atom stereocenters. The number of aromatic nitrogens is 1. The van der Waals surface area contributed by atoms with Gasteiger partial charge >= 0.3 is 0 Å². The molecule has 2 aromatic carbocycles. The maximum Gasteiger partial charge on any atom is 0.146 e. The summed E-state index contributed by atoms with van der Waals surface area (Å²) in [7, 11) is 0. The van der Waals surface area contributed by atoms with Crippen LogP contribution in [0.5, 0.6) is 0 Å². The molecule has 0 fully saturated rings. The van der Waals surface area contributed by atoms with Gasteiger partial charge in [0.25, 0.3) is 0 Å². The summed E-state index contributed by atoms with van der Waals surface area (Å²) in [5.41, 5.74) is 1.36. The van der Waals surface area contributed by atoms with Crippen LogP contribution in [0, 0.1) is 5.82 Å². The van der Waals surface area contributed by atoms with Gasteiger partial charge in [0.05, 0.1) is 25.6 Å². The van der Waals surface area contributed by atoms with E-state index in [1.165, 1.54) is 6.07 Å². The van der Waals surface area contributed by atoms with E-state index in [0.29, 0.717) is 12.0 Å². The van der Waals surface area contributed by atoms with Gasteiger partial charge in [0.1, 0.15) is 5.82 Å². The Morgan fingerprint density at radius 3 is 2.75 bits per heavy atom. The van der Waals surface area contributed by atoms with E-state index in [4.69, 9.17) is 23.2 Å². The Kier molecular flexibility index (Phi) is 3.92. The molecule has 0 aliphatic heterocycles. The van der Waals surface area contributed by atoms with Crippen molar-refractivity contribution in [2.24, 2.45) is 0 Å². The first-order chi connectivity index (χ1) is 9.65. The van der Waals surface area contributed by atoms with E-state index < -0.39 is 11.2 Å². The maximum atomic E-state index is 13.9. The minimum atomic E-state index is -0.478. The third kappa shape index (κ3) is 2.66. The van der Waals surface area contributed by atoms with Crippen molar-refractivity contribution in [3.63, 3.8) is 0 Å². The SMILES string of the molecule is Fc1c(Cl)cccc1C(Cl)Cc1nc2ccccc2s1. The van der Waals surface area contributed by atoms with Gasteiger partial charge in [0.2, 0.25) is 0 Å². The van der Waals surface area contributed by atoms with Crippen LogP contribution in [0.15, 0.2) is 42.5 Å². The number of halogens is 3. The van der Waals surface area contributed by atoms with Crippen LogP contribution in [-0.4, -0.2) is 4.98 Å². The van der Waals surface area contributed by atoms with Gasteiger partial charge in [-0.2, -0.15) is 0 Å². The lowest BCUT2D eigenvalue weighted by molar-refractivity contribution is 0.606. The highest BCUT2D eigenvalue weighted by Gasteiger charge is 2.17. The molecule has 1 aromatic heterocycles. The van der Waals surface area contributed by atoms with Crippen molar-refractivity contribution in [2.45, 2.75) is 11.8 Å². The van der Waals surface area contributed by atoms with Crippen molar-refractivity contribution >= 4 is 44.8 Å². The molecule has 0 aliphatic rings. The first-order valence-electron chi connectivity index (χ1n) is 6.07. The second kappa shape index (κ2) is 5.68. The van der Waals surface area contributed by atoms with Crippen molar-refractivity contribution < 1.29 is 4.39 Å². The fraction of sp³-hybridized carbons (Fsp3) is 0.133. The van der Waals surface area contributed by atoms with Gasteiger partial charge in [-0.3, -0.25) is 0 Å². The summed E-state index contributed by atoms with van der Waals surface area (Å²) < 4.78 is 15.0. The van der Waals surface area contributed by atoms with Crippen molar-refractivity contribution in [1.82, 2.24) is 4.98 Å². The zero-order valence-corrected chi connectivity index (χ0v) is 12.6. The Balaban J connectivity index is 1.88. The Morgan fingerprint density at radius 2 is 1.95 bits per heavy atom. The topological polar surface area (TPSA) is 12.9 Å². The number of para-hydroxylation sites is 1. The third-order valence-corrected chi connectivity index (χ3v) is 4.75. The van der Waals surface area contributed by atoms with Gasteiger partial charge in [-0.15, -0.1) is 22.9 Å². The first-order valence-corrected chi connectivity index (χ1v) is 7.70. The Hall–Kier alpha value is -1.16. The number of rotatable bonds is 3. The standard InChI is InChI=1S/C15H10Cl2FNS/c16-10-5-3-4-9(15(10)18)11(17)8-14-19-12-6-1-2-7-13(12)20-14/h1-7,11H,8H2. The van der Waals surface area contributed by atoms with Crippen LogP contribution < -0.4 is 0 Å². The quantitative estimate of drug-likeness (QED) is 0.570. The highest BCUT2D eigenvalue weighted by molar-refractivity contribution is 7.18. The van der Waals surface area contributed by atoms with E-state index in [1.807, 2.05) is 24.3 Å². The lowest BCUT2D eigenvalue weighted by Gasteiger charge is -2.09. The molecular formula is C15H10Cl2FNS. The molecule has 0 bridgehead atoms. The van der Waals surface area contributed by atoms with Crippen LogP contribution in [-0.2, 0) is 6.42 Å². The fourth-order valence-electron chi connectivity index (χ4n) is 2.03. The average molecular weight is 326 g/mol. The van der Waals surface area contributed by atoms with Gasteiger partial charge in [0.15, 0.2) is 0 Å². The predicted octanol–water partition coefficient (Wildman–Crippen LogP) is 5.61. The molecule has 1 heterocycles. The second-order valence-corrected chi connectivity index (χ2v) is 6.44. The van der Waals surface area contributed by atoms with E-state index in [0.717, 1.165) is 15.2 Å². The molecule has 0 spiro atoms. The summed E-state index contributed by atoms with van der Waals surface area (Å²) in [5.74, 6) is -0.449. The van der Waals surface area contributed by atoms with Gasteiger partial charge in [-0.05, 0) is 18.2 Å². The summed E-state index contributed by atoms with van der Waals surface area (Å²) >= 11 is 13.7. The number of hydrogen-bond acceptors (Lipinski definition) is 2. The van der Waals surface area contributed by atoms with Crippen LogP contribution in [0.25, 0.3) is 10.2 Å². The van der Waals surface area contributed by atoms with Gasteiger partial charge in [-0.25, -0.2) is 9.37 Å². The van der Waals surface area contributed by atoms with Crippen LogP contribution in [0.4, 0.5) is 4.39 Å². The number of nitrogens with zero attached hydrogens (tertiary/aromatic N) is 1. The average Bonchev–Trinajstić information content (AvgIpc) is 2.83. The zero-order chi connectivity index (χ0) is 14.1. The number of thiazole rings is 1. The highest BCUT2D eigenvalue weighted by Crippen LogP contribution is 2.32. The Bertz CT molecular complexity index is 723. The summed E-state index contributed by atoms with van der Waals surface area (Å²) in [4.78, 5) is 4.51. The summed E-state index contributed by atoms with van der Waals surface area (Å²) in [5, 5.41) is 0.511. The predicted molar refractivity (Wildman–Crippen MR) is 83.3 cm³/mol. The molecule has 102 valence electrons. The molecule has 20 heavy (non-hydrogen) atoms. The molecule has 0 amide bonds. The fourth-order valence-corrected chi connectivity index (χ4v) is 3.63. The molecule has 0 radical (unpaired) electrons. The van der Waals surface area contributed by atoms with E-state index in [9.17, 15) is 4.39 Å². The minimum absolute atomic E-state index is 0.0949. The molecule has 5 heteroatoms. The lowest BCUT2D eigenvalue weighted by atomic mass is 10.1. The summed E-state index contributed by atoms with van der Waals surface area (Å²) in [6.45, 7) is 0. The van der Waals surface area contributed by atoms with Crippen molar-refractivity contribution in [1.29, 1.82) is 0 Å². The molecule has 0 saturated carbocycles. The van der Waals surface area contributed by atoms with Crippen LogP contribution in [0.1, 0.15) is 15.9 Å². The van der Waals surface area contributed by atoms with Crippen LogP contribution in [0.3, 0.4) is 0 Å². The molecular weight excluding hydrogens is 316 g/mol. The largest absolute Gasteiger partial charge is 0.241 e. The van der Waals surface area contributed by atoms with Crippen molar-refractivity contribution in [3.05, 3.63) is 63.9 Å². The van der Waals surface area contributed by atoms with Gasteiger partial charge in [-0.1, -0.05) is 35.9 Å². The molecule has 0 saturated heterocycles. The summed E-state index contributed by atoms with van der Waals surface area (Å²) in [6.07, 6.45) is 0.484. The summed E-state index contributed by atoms with van der Waals surface area (Å²) in [6, 6.07) is 12.8. The van der Waals surface area contributed by atoms with Crippen molar-refractivity contribution in [3.8, 4) is 0 Å². The molecule has 3 aromatic rings. The molecule has 1 nitrogen and oxygen atoms in total. The van der Waals surface area contributed by atoms with Gasteiger partial charge < -0.3 is 0 Å². The third-order valence-electron chi connectivity index (χ3n) is 3.01. The first kappa shape index (κ1) is 13.8. The van der Waals surface area contributed by atoms with Crippen LogP contribution in [0.2, 0.25) is 5.02 Å². The maximum absolute atomic E-state index is 13.9. The van der Waals surface area contributed by atoms with Crippen LogP contribution >= 0.6 is 34.5 Å². The Morgan fingerprint density at radius 1 is 1.15 bits per heavy atom. The van der Waals surface area contributed by atoms with E-state index in [2.05, 4.69) is 4.98 Å². The molecule has 0 aliphatic carbocycles. The van der Waals surface area contributed by atoms with E-state index in [1.54, 1.807) is 23.5 Å². The van der Waals surface area contributed by atoms with E-state index >= 15 is 0 Å². The van der Waals surface area contributed by atoms with E-state index in [-0.39, 0.29) is 5.02 Å². The minimum Gasteiger partial charge on any atom is -0.241 e. The normalized spacial score (nSPS) is 12.8. The van der Waals surface area contributed by atoms with Gasteiger partial charge in [0, 0.05) is 12.0 Å². The number of benzene rings is 2. The monoisotopic (exact) mass is 325 g/mol. The number of hydrogen-bond donors (Lipinski definition) is 0. The zero-order valence-electron chi connectivity index (χ0n) is 10.3.